The highest BCUT2D eigenvalue weighted by Crippen LogP contribution is 2.22. The Morgan fingerprint density at radius 3 is 1.89 bits per heavy atom. The molecule has 0 aliphatic rings. The molecule has 2 nitrogen and oxygen atoms in total. The molecule has 1 aromatic rings. The summed E-state index contributed by atoms with van der Waals surface area (Å²) in [5.74, 6) is 0. The van der Waals surface area contributed by atoms with Gasteiger partial charge in [-0.1, -0.05) is 45.0 Å². The van der Waals surface area contributed by atoms with Gasteiger partial charge in [-0.2, -0.15) is 0 Å². The number of aliphatic hydroxyl groups excluding tert-OH is 1. The molecule has 0 aliphatic heterocycles. The fourth-order valence-electron chi connectivity index (χ4n) is 2.63. The van der Waals surface area contributed by atoms with Crippen molar-refractivity contribution in [3.05, 3.63) is 35.4 Å². The van der Waals surface area contributed by atoms with Gasteiger partial charge in [0, 0.05) is 12.0 Å². The lowest BCUT2D eigenvalue weighted by Gasteiger charge is -2.41. The summed E-state index contributed by atoms with van der Waals surface area (Å²) >= 11 is 0. The van der Waals surface area contributed by atoms with E-state index in [4.69, 9.17) is 0 Å². The molecular weight excluding hydrogens is 234 g/mol. The maximum Gasteiger partial charge on any atom is 0.0758 e. The maximum atomic E-state index is 10.5. The average molecular weight is 263 g/mol. The summed E-state index contributed by atoms with van der Waals surface area (Å²) in [6.45, 7) is 12.6. The molecule has 0 amide bonds. The highest BCUT2D eigenvalue weighted by atomic mass is 16.3. The van der Waals surface area contributed by atoms with Crippen LogP contribution in [0.5, 0.6) is 0 Å². The number of hydrogen-bond donors (Lipinski definition) is 1. The van der Waals surface area contributed by atoms with E-state index in [1.54, 1.807) is 0 Å². The molecule has 108 valence electrons. The van der Waals surface area contributed by atoms with Gasteiger partial charge in [-0.05, 0) is 44.5 Å². The Morgan fingerprint density at radius 1 is 1.00 bits per heavy atom. The minimum atomic E-state index is -0.347. The lowest BCUT2D eigenvalue weighted by molar-refractivity contribution is -0.00415. The summed E-state index contributed by atoms with van der Waals surface area (Å²) in [6.07, 6.45) is 1.43. The Labute approximate surface area is 118 Å². The molecule has 1 aromatic carbocycles. The zero-order valence-corrected chi connectivity index (χ0v) is 13.1. The van der Waals surface area contributed by atoms with Crippen molar-refractivity contribution in [3.8, 4) is 0 Å². The SMILES string of the molecule is CCc1ccc(CC(O)C(C)(C)N(CC)CC)cc1. The molecule has 0 spiro atoms. The molecule has 19 heavy (non-hydrogen) atoms. The number of aliphatic hydroxyl groups is 1. The van der Waals surface area contributed by atoms with Gasteiger partial charge in [0.2, 0.25) is 0 Å². The number of hydrogen-bond acceptors (Lipinski definition) is 2. The van der Waals surface area contributed by atoms with Crippen LogP contribution in [0.3, 0.4) is 0 Å². The first-order chi connectivity index (χ1) is 8.95. The zero-order valence-electron chi connectivity index (χ0n) is 13.1. The molecule has 0 aliphatic carbocycles. The quantitative estimate of drug-likeness (QED) is 0.816. The van der Waals surface area contributed by atoms with Crippen molar-refractivity contribution < 1.29 is 5.11 Å². The summed E-state index contributed by atoms with van der Waals surface area (Å²) in [6, 6.07) is 8.60. The van der Waals surface area contributed by atoms with E-state index in [9.17, 15) is 5.11 Å². The second kappa shape index (κ2) is 7.06. The van der Waals surface area contributed by atoms with Crippen LogP contribution in [0, 0.1) is 0 Å². The Balaban J connectivity index is 2.74. The molecular formula is C17H29NO. The van der Waals surface area contributed by atoms with Crippen LogP contribution in [0.25, 0.3) is 0 Å². The van der Waals surface area contributed by atoms with E-state index in [1.165, 1.54) is 11.1 Å². The van der Waals surface area contributed by atoms with Crippen LogP contribution in [0.2, 0.25) is 0 Å². The smallest absolute Gasteiger partial charge is 0.0758 e. The van der Waals surface area contributed by atoms with Crippen LogP contribution >= 0.6 is 0 Å². The van der Waals surface area contributed by atoms with Crippen molar-refractivity contribution in [2.45, 2.75) is 59.1 Å². The molecule has 0 fully saturated rings. The first kappa shape index (κ1) is 16.2. The van der Waals surface area contributed by atoms with Gasteiger partial charge in [-0.3, -0.25) is 4.90 Å². The zero-order chi connectivity index (χ0) is 14.5. The Bertz CT molecular complexity index is 365. The predicted molar refractivity (Wildman–Crippen MR) is 82.5 cm³/mol. The van der Waals surface area contributed by atoms with Gasteiger partial charge < -0.3 is 5.11 Å². The minimum Gasteiger partial charge on any atom is -0.391 e. The summed E-state index contributed by atoms with van der Waals surface area (Å²) in [5, 5.41) is 10.5. The van der Waals surface area contributed by atoms with Gasteiger partial charge in [0.25, 0.3) is 0 Å². The van der Waals surface area contributed by atoms with Gasteiger partial charge in [0.15, 0.2) is 0 Å². The number of likely N-dealkylation sites (N-methyl/N-ethyl adjacent to an activating group) is 1. The van der Waals surface area contributed by atoms with Gasteiger partial charge in [0.1, 0.15) is 0 Å². The van der Waals surface area contributed by atoms with E-state index in [1.807, 2.05) is 0 Å². The molecule has 0 saturated heterocycles. The van der Waals surface area contributed by atoms with Crippen LogP contribution in [-0.4, -0.2) is 34.7 Å². The van der Waals surface area contributed by atoms with Gasteiger partial charge in [-0.15, -0.1) is 0 Å². The summed E-state index contributed by atoms with van der Waals surface area (Å²) in [7, 11) is 0. The van der Waals surface area contributed by atoms with E-state index in [-0.39, 0.29) is 11.6 Å². The molecule has 2 heteroatoms. The number of benzene rings is 1. The second-order valence-corrected chi connectivity index (χ2v) is 5.72. The first-order valence-corrected chi connectivity index (χ1v) is 7.46. The summed E-state index contributed by atoms with van der Waals surface area (Å²) in [5.41, 5.74) is 2.37. The van der Waals surface area contributed by atoms with Crippen molar-refractivity contribution in [1.29, 1.82) is 0 Å². The Hall–Kier alpha value is -0.860. The Morgan fingerprint density at radius 2 is 1.47 bits per heavy atom. The van der Waals surface area contributed by atoms with Gasteiger partial charge >= 0.3 is 0 Å². The molecule has 0 saturated carbocycles. The third kappa shape index (κ3) is 4.05. The number of rotatable bonds is 7. The molecule has 1 N–H and O–H groups in total. The summed E-state index contributed by atoms with van der Waals surface area (Å²) < 4.78 is 0. The molecule has 0 heterocycles. The number of nitrogens with zero attached hydrogens (tertiary/aromatic N) is 1. The van der Waals surface area contributed by atoms with E-state index < -0.39 is 0 Å². The predicted octanol–water partition coefficient (Wildman–Crippen LogP) is 3.27. The minimum absolute atomic E-state index is 0.188. The van der Waals surface area contributed by atoms with Crippen molar-refractivity contribution in [3.63, 3.8) is 0 Å². The standard InChI is InChI=1S/C17H29NO/c1-6-14-9-11-15(12-10-14)13-16(19)17(4,5)18(7-2)8-3/h9-12,16,19H,6-8,13H2,1-5H3. The highest BCUT2D eigenvalue weighted by molar-refractivity contribution is 5.23. The maximum absolute atomic E-state index is 10.5. The van der Waals surface area contributed by atoms with E-state index in [2.05, 4.69) is 63.8 Å². The van der Waals surface area contributed by atoms with Gasteiger partial charge in [-0.25, -0.2) is 0 Å². The fourth-order valence-corrected chi connectivity index (χ4v) is 2.63. The van der Waals surface area contributed by atoms with Crippen LogP contribution in [0.4, 0.5) is 0 Å². The number of aryl methyl sites for hydroxylation is 1. The Kier molecular flexibility index (Phi) is 6.02. The molecule has 0 radical (unpaired) electrons. The lowest BCUT2D eigenvalue weighted by atomic mass is 9.89. The van der Waals surface area contributed by atoms with E-state index in [0.717, 1.165) is 19.5 Å². The lowest BCUT2D eigenvalue weighted by Crippen LogP contribution is -2.53. The van der Waals surface area contributed by atoms with E-state index >= 15 is 0 Å². The first-order valence-electron chi connectivity index (χ1n) is 7.46. The summed E-state index contributed by atoms with van der Waals surface area (Å²) in [4.78, 5) is 2.32. The van der Waals surface area contributed by atoms with Crippen LogP contribution in [0.15, 0.2) is 24.3 Å². The topological polar surface area (TPSA) is 23.5 Å². The highest BCUT2D eigenvalue weighted by Gasteiger charge is 2.32. The molecule has 1 rings (SSSR count). The van der Waals surface area contributed by atoms with Crippen molar-refractivity contribution in [1.82, 2.24) is 4.90 Å². The van der Waals surface area contributed by atoms with Crippen molar-refractivity contribution in [2.75, 3.05) is 13.1 Å². The third-order valence-corrected chi connectivity index (χ3v) is 4.25. The van der Waals surface area contributed by atoms with Crippen molar-refractivity contribution in [2.24, 2.45) is 0 Å². The fraction of sp³-hybridized carbons (Fsp3) is 0.647. The van der Waals surface area contributed by atoms with Crippen molar-refractivity contribution >= 4 is 0 Å². The van der Waals surface area contributed by atoms with Gasteiger partial charge in [0.05, 0.1) is 6.10 Å². The van der Waals surface area contributed by atoms with Crippen LogP contribution < -0.4 is 0 Å². The normalized spacial score (nSPS) is 13.8. The monoisotopic (exact) mass is 263 g/mol. The molecule has 1 atom stereocenters. The van der Waals surface area contributed by atoms with Crippen LogP contribution in [-0.2, 0) is 12.8 Å². The largest absolute Gasteiger partial charge is 0.391 e. The molecule has 1 unspecified atom stereocenters. The van der Waals surface area contributed by atoms with E-state index in [0.29, 0.717) is 6.42 Å². The van der Waals surface area contributed by atoms with Crippen LogP contribution in [0.1, 0.15) is 45.7 Å². The average Bonchev–Trinajstić information content (AvgIpc) is 2.40. The third-order valence-electron chi connectivity index (χ3n) is 4.25. The molecule has 0 aromatic heterocycles. The molecule has 0 bridgehead atoms. The second-order valence-electron chi connectivity index (χ2n) is 5.72.